The van der Waals surface area contributed by atoms with E-state index in [-0.39, 0.29) is 0 Å². The fourth-order valence-electron chi connectivity index (χ4n) is 4.99. The van der Waals surface area contributed by atoms with Crippen LogP contribution in [0.4, 0.5) is 0 Å². The van der Waals surface area contributed by atoms with Crippen LogP contribution in [0, 0.1) is 11.8 Å². The second kappa shape index (κ2) is 26.6. The van der Waals surface area contributed by atoms with Crippen molar-refractivity contribution in [3.8, 4) is 0 Å². The van der Waals surface area contributed by atoms with Gasteiger partial charge < -0.3 is 4.90 Å². The van der Waals surface area contributed by atoms with Crippen LogP contribution in [0.1, 0.15) is 176 Å². The second-order valence-electron chi connectivity index (χ2n) is 11.9. The Bertz CT molecular complexity index is 320. The van der Waals surface area contributed by atoms with Crippen LogP contribution >= 0.6 is 0 Å². The fourth-order valence-corrected chi connectivity index (χ4v) is 4.99. The van der Waals surface area contributed by atoms with E-state index in [1.54, 1.807) is 0 Å². The number of unbranched alkanes of at least 4 members (excludes halogenated alkanes) is 17. The first-order valence-electron chi connectivity index (χ1n) is 15.8. The molecule has 0 atom stereocenters. The molecule has 1 nitrogen and oxygen atoms in total. The van der Waals surface area contributed by atoms with Crippen LogP contribution in [-0.2, 0) is 0 Å². The van der Waals surface area contributed by atoms with E-state index in [1.165, 1.54) is 161 Å². The van der Waals surface area contributed by atoms with Crippen LogP contribution in [0.25, 0.3) is 0 Å². The minimum Gasteiger partial charge on any atom is -0.303 e. The highest BCUT2D eigenvalue weighted by molar-refractivity contribution is 4.60. The summed E-state index contributed by atoms with van der Waals surface area (Å²) in [4.78, 5) is 2.81. The molecule has 0 aliphatic rings. The van der Waals surface area contributed by atoms with Gasteiger partial charge in [-0.15, -0.1) is 0 Å². The number of hydrogen-bond acceptors (Lipinski definition) is 1. The van der Waals surface area contributed by atoms with Crippen LogP contribution in [0.3, 0.4) is 0 Å². The molecule has 0 unspecified atom stereocenters. The molecule has 0 radical (unpaired) electrons. The quantitative estimate of drug-likeness (QED) is 0.109. The molecule has 0 aliphatic heterocycles. The van der Waals surface area contributed by atoms with Gasteiger partial charge in [-0.25, -0.2) is 0 Å². The number of rotatable bonds is 27. The summed E-state index contributed by atoms with van der Waals surface area (Å²) in [5.74, 6) is 1.78. The summed E-state index contributed by atoms with van der Waals surface area (Å²) in [5, 5.41) is 0. The predicted octanol–water partition coefficient (Wildman–Crippen LogP) is 11.2. The minimum absolute atomic E-state index is 0.888. The largest absolute Gasteiger partial charge is 0.303 e. The summed E-state index contributed by atoms with van der Waals surface area (Å²) in [5.41, 5.74) is 0. The van der Waals surface area contributed by atoms with Gasteiger partial charge in [0.1, 0.15) is 0 Å². The van der Waals surface area contributed by atoms with Crippen molar-refractivity contribution in [3.05, 3.63) is 0 Å². The third-order valence-corrected chi connectivity index (χ3v) is 7.34. The molecule has 0 aromatic rings. The van der Waals surface area contributed by atoms with Crippen molar-refractivity contribution >= 4 is 0 Å². The fraction of sp³-hybridized carbons (Fsp3) is 1.00. The maximum Gasteiger partial charge on any atom is -0.00187 e. The molecular formula is C32H67N. The maximum absolute atomic E-state index is 2.81. The Balaban J connectivity index is 3.71. The van der Waals surface area contributed by atoms with Gasteiger partial charge in [-0.2, -0.15) is 0 Å². The lowest BCUT2D eigenvalue weighted by atomic mass is 10.0. The number of hydrogen-bond donors (Lipinski definition) is 0. The average Bonchev–Trinajstić information content (AvgIpc) is 2.78. The molecular weight excluding hydrogens is 398 g/mol. The molecule has 0 amide bonds. The lowest BCUT2D eigenvalue weighted by molar-refractivity contribution is 0.254. The van der Waals surface area contributed by atoms with Crippen molar-refractivity contribution in [1.82, 2.24) is 4.90 Å². The molecule has 0 rings (SSSR count). The standard InChI is InChI=1S/C32H67N/c1-6-7-8-23-28-33(29-24-19-15-11-9-13-17-21-26-31(2)3)30-25-20-16-12-10-14-18-22-27-32(4)5/h31-32H,6-30H2,1-5H3. The van der Waals surface area contributed by atoms with Gasteiger partial charge in [0.25, 0.3) is 0 Å². The molecule has 0 aliphatic carbocycles. The summed E-state index contributed by atoms with van der Waals surface area (Å²) in [6.45, 7) is 15.8. The molecule has 0 aromatic carbocycles. The maximum atomic E-state index is 2.81. The van der Waals surface area contributed by atoms with Gasteiger partial charge in [0, 0.05) is 0 Å². The van der Waals surface area contributed by atoms with E-state index in [9.17, 15) is 0 Å². The summed E-state index contributed by atoms with van der Waals surface area (Å²) < 4.78 is 0. The SMILES string of the molecule is CCCCCCN(CCCCCCCCCCC(C)C)CCCCCCCCCCC(C)C. The van der Waals surface area contributed by atoms with E-state index in [0.717, 1.165) is 11.8 Å². The first-order valence-corrected chi connectivity index (χ1v) is 15.8. The normalized spacial score (nSPS) is 12.0. The van der Waals surface area contributed by atoms with Crippen LogP contribution < -0.4 is 0 Å². The summed E-state index contributed by atoms with van der Waals surface area (Å²) in [7, 11) is 0. The first kappa shape index (κ1) is 33.0. The van der Waals surface area contributed by atoms with E-state index in [0.29, 0.717) is 0 Å². The van der Waals surface area contributed by atoms with Gasteiger partial charge in [-0.05, 0) is 50.7 Å². The van der Waals surface area contributed by atoms with Gasteiger partial charge in [-0.3, -0.25) is 0 Å². The van der Waals surface area contributed by atoms with E-state index >= 15 is 0 Å². The molecule has 0 saturated heterocycles. The van der Waals surface area contributed by atoms with Crippen molar-refractivity contribution in [1.29, 1.82) is 0 Å². The molecule has 33 heavy (non-hydrogen) atoms. The Kier molecular flexibility index (Phi) is 26.5. The van der Waals surface area contributed by atoms with E-state index in [4.69, 9.17) is 0 Å². The molecule has 0 fully saturated rings. The lowest BCUT2D eigenvalue weighted by Gasteiger charge is -2.22. The van der Waals surface area contributed by atoms with Gasteiger partial charge in [0.15, 0.2) is 0 Å². The summed E-state index contributed by atoms with van der Waals surface area (Å²) in [6, 6.07) is 0. The Morgan fingerprint density at radius 2 is 0.636 bits per heavy atom. The molecule has 0 saturated carbocycles. The van der Waals surface area contributed by atoms with Gasteiger partial charge >= 0.3 is 0 Å². The molecule has 1 heteroatoms. The smallest absolute Gasteiger partial charge is 0.00187 e. The van der Waals surface area contributed by atoms with Crippen LogP contribution in [0.5, 0.6) is 0 Å². The molecule has 0 heterocycles. The van der Waals surface area contributed by atoms with Crippen LogP contribution in [-0.4, -0.2) is 24.5 Å². The molecule has 0 N–H and O–H groups in total. The average molecular weight is 466 g/mol. The van der Waals surface area contributed by atoms with Gasteiger partial charge in [0.2, 0.25) is 0 Å². The van der Waals surface area contributed by atoms with Crippen LogP contribution in [0.15, 0.2) is 0 Å². The van der Waals surface area contributed by atoms with Crippen molar-refractivity contribution < 1.29 is 0 Å². The topological polar surface area (TPSA) is 3.24 Å². The van der Waals surface area contributed by atoms with Gasteiger partial charge in [-0.1, -0.05) is 157 Å². The van der Waals surface area contributed by atoms with Crippen molar-refractivity contribution in [3.63, 3.8) is 0 Å². The Labute approximate surface area is 212 Å². The van der Waals surface area contributed by atoms with E-state index in [1.807, 2.05) is 0 Å². The minimum atomic E-state index is 0.888. The molecule has 0 bridgehead atoms. The molecule has 0 spiro atoms. The van der Waals surface area contributed by atoms with E-state index < -0.39 is 0 Å². The molecule has 200 valence electrons. The number of nitrogens with zero attached hydrogens (tertiary/aromatic N) is 1. The van der Waals surface area contributed by atoms with E-state index in [2.05, 4.69) is 39.5 Å². The van der Waals surface area contributed by atoms with Crippen molar-refractivity contribution in [2.45, 2.75) is 176 Å². The Hall–Kier alpha value is -0.0400. The third-order valence-electron chi connectivity index (χ3n) is 7.34. The zero-order chi connectivity index (χ0) is 24.4. The first-order chi connectivity index (χ1) is 16.1. The Morgan fingerprint density at radius 1 is 0.364 bits per heavy atom. The highest BCUT2D eigenvalue weighted by Gasteiger charge is 2.05. The zero-order valence-electron chi connectivity index (χ0n) is 24.3. The van der Waals surface area contributed by atoms with Gasteiger partial charge in [0.05, 0.1) is 0 Å². The highest BCUT2D eigenvalue weighted by atomic mass is 15.1. The highest BCUT2D eigenvalue weighted by Crippen LogP contribution is 2.15. The molecule has 0 aromatic heterocycles. The predicted molar refractivity (Wildman–Crippen MR) is 153 cm³/mol. The third kappa shape index (κ3) is 28.1. The second-order valence-corrected chi connectivity index (χ2v) is 11.9. The van der Waals surface area contributed by atoms with Crippen molar-refractivity contribution in [2.24, 2.45) is 11.8 Å². The lowest BCUT2D eigenvalue weighted by Crippen LogP contribution is -2.27. The summed E-state index contributed by atoms with van der Waals surface area (Å²) >= 11 is 0. The summed E-state index contributed by atoms with van der Waals surface area (Å²) in [6.07, 6.45) is 31.8. The van der Waals surface area contributed by atoms with Crippen LogP contribution in [0.2, 0.25) is 0 Å². The monoisotopic (exact) mass is 466 g/mol. The van der Waals surface area contributed by atoms with Crippen molar-refractivity contribution in [2.75, 3.05) is 19.6 Å². The Morgan fingerprint density at radius 3 is 0.939 bits per heavy atom. The zero-order valence-corrected chi connectivity index (χ0v) is 24.3.